The molecule has 2 aliphatic rings. The van der Waals surface area contributed by atoms with Gasteiger partial charge in [0.1, 0.15) is 0 Å². The molecule has 0 aromatic rings. The number of rotatable bonds is 1. The van der Waals surface area contributed by atoms with Crippen molar-refractivity contribution in [2.75, 3.05) is 0 Å². The fraction of sp³-hybridized carbons (Fsp3) is 0.368. The van der Waals surface area contributed by atoms with Crippen LogP contribution in [0.3, 0.4) is 0 Å². The van der Waals surface area contributed by atoms with E-state index in [9.17, 15) is 0 Å². The fourth-order valence-corrected chi connectivity index (χ4v) is 2.95. The lowest BCUT2D eigenvalue weighted by atomic mass is 9.79. The molecular formula is C19H20. The van der Waals surface area contributed by atoms with Gasteiger partial charge in [0.25, 0.3) is 0 Å². The van der Waals surface area contributed by atoms with E-state index >= 15 is 0 Å². The van der Waals surface area contributed by atoms with Crippen molar-refractivity contribution < 1.29 is 0 Å². The monoisotopic (exact) mass is 248 g/mol. The van der Waals surface area contributed by atoms with Gasteiger partial charge in [-0.15, -0.1) is 6.42 Å². The van der Waals surface area contributed by atoms with Crippen LogP contribution in [0.25, 0.3) is 0 Å². The predicted octanol–water partition coefficient (Wildman–Crippen LogP) is 4.43. The van der Waals surface area contributed by atoms with Crippen LogP contribution in [0.15, 0.2) is 46.6 Å². The molecule has 0 bridgehead atoms. The van der Waals surface area contributed by atoms with Crippen LogP contribution in [-0.2, 0) is 0 Å². The van der Waals surface area contributed by atoms with Gasteiger partial charge in [0.15, 0.2) is 0 Å². The highest BCUT2D eigenvalue weighted by atomic mass is 14.4. The van der Waals surface area contributed by atoms with Crippen LogP contribution in [0.5, 0.6) is 0 Å². The van der Waals surface area contributed by atoms with Crippen molar-refractivity contribution in [2.45, 2.75) is 34.1 Å². The summed E-state index contributed by atoms with van der Waals surface area (Å²) < 4.78 is 0. The summed E-state index contributed by atoms with van der Waals surface area (Å²) in [6, 6.07) is 0. The Morgan fingerprint density at radius 2 is 2.21 bits per heavy atom. The predicted molar refractivity (Wildman–Crippen MR) is 82.2 cm³/mol. The minimum Gasteiger partial charge on any atom is -0.115 e. The van der Waals surface area contributed by atoms with Crippen molar-refractivity contribution >= 4 is 0 Å². The molecule has 1 unspecified atom stereocenters. The van der Waals surface area contributed by atoms with Gasteiger partial charge in [-0.05, 0) is 48.3 Å². The lowest BCUT2D eigenvalue weighted by molar-refractivity contribution is 0.573. The van der Waals surface area contributed by atoms with Gasteiger partial charge in [-0.25, -0.2) is 0 Å². The minimum absolute atomic E-state index is 0.0159. The van der Waals surface area contributed by atoms with Crippen LogP contribution in [0.2, 0.25) is 0 Å². The second-order valence-electron chi connectivity index (χ2n) is 5.70. The Bertz CT molecular complexity index is 613. The van der Waals surface area contributed by atoms with E-state index in [2.05, 4.69) is 63.7 Å². The van der Waals surface area contributed by atoms with Crippen molar-refractivity contribution in [3.05, 3.63) is 46.6 Å². The van der Waals surface area contributed by atoms with Gasteiger partial charge in [0.05, 0.1) is 0 Å². The van der Waals surface area contributed by atoms with Crippen molar-refractivity contribution in [2.24, 2.45) is 11.3 Å². The van der Waals surface area contributed by atoms with E-state index < -0.39 is 0 Å². The molecule has 0 heteroatoms. The largest absolute Gasteiger partial charge is 0.115 e. The summed E-state index contributed by atoms with van der Waals surface area (Å²) in [5.41, 5.74) is 5.43. The molecule has 0 heterocycles. The summed E-state index contributed by atoms with van der Waals surface area (Å²) in [6.07, 6.45) is 14.5. The van der Waals surface area contributed by atoms with E-state index in [1.165, 1.54) is 22.3 Å². The summed E-state index contributed by atoms with van der Waals surface area (Å²) in [4.78, 5) is 0. The molecule has 0 saturated carbocycles. The van der Waals surface area contributed by atoms with Crippen LogP contribution in [-0.4, -0.2) is 0 Å². The molecule has 19 heavy (non-hydrogen) atoms. The zero-order valence-corrected chi connectivity index (χ0v) is 12.2. The third-order valence-electron chi connectivity index (χ3n) is 4.02. The molecule has 0 aromatic heterocycles. The zero-order chi connectivity index (χ0) is 14.0. The number of terminal acetylenes is 1. The molecule has 0 N–H and O–H groups in total. The summed E-state index contributed by atoms with van der Waals surface area (Å²) in [5.74, 6) is 9.47. The van der Waals surface area contributed by atoms with Crippen LogP contribution >= 0.6 is 0 Å². The van der Waals surface area contributed by atoms with E-state index in [0.717, 1.165) is 6.42 Å². The number of hydrogen-bond donors (Lipinski definition) is 0. The van der Waals surface area contributed by atoms with Crippen LogP contribution < -0.4 is 0 Å². The van der Waals surface area contributed by atoms with Gasteiger partial charge >= 0.3 is 0 Å². The van der Waals surface area contributed by atoms with Gasteiger partial charge in [-0.1, -0.05) is 43.8 Å². The first-order valence-electron chi connectivity index (χ1n) is 6.73. The van der Waals surface area contributed by atoms with Gasteiger partial charge < -0.3 is 0 Å². The Labute approximate surface area is 117 Å². The molecule has 0 amide bonds. The van der Waals surface area contributed by atoms with Gasteiger partial charge in [0, 0.05) is 17.8 Å². The maximum atomic E-state index is 5.35. The van der Waals surface area contributed by atoms with Crippen LogP contribution in [0.1, 0.15) is 34.1 Å². The minimum atomic E-state index is 0.0159. The maximum Gasteiger partial charge on any atom is 0.0357 e. The third kappa shape index (κ3) is 2.32. The molecule has 2 rings (SSSR count). The van der Waals surface area contributed by atoms with Gasteiger partial charge in [0.2, 0.25) is 0 Å². The molecule has 96 valence electrons. The Balaban J connectivity index is 2.54. The standard InChI is InChI=1S/C19H20/c1-6-7-11-17-15(3)16-10-8-9-14(2)12-13-18(16)19(17,4)5/h1,7,11-14H,10H2,2-5H3/b11-7-,13-12-. The molecule has 0 spiro atoms. The van der Waals surface area contributed by atoms with Crippen molar-refractivity contribution in [1.29, 1.82) is 0 Å². The SMILES string of the molecule is C#C/C=C\C1=C(C)C2=C(/C=C\C(C)C#CC2)C1(C)C. The zero-order valence-electron chi connectivity index (χ0n) is 12.2. The van der Waals surface area contributed by atoms with Crippen molar-refractivity contribution in [3.8, 4) is 24.2 Å². The second-order valence-corrected chi connectivity index (χ2v) is 5.70. The normalized spacial score (nSPS) is 26.4. The molecular weight excluding hydrogens is 228 g/mol. The molecule has 0 fully saturated rings. The highest BCUT2D eigenvalue weighted by Gasteiger charge is 2.35. The smallest absolute Gasteiger partial charge is 0.0357 e. The van der Waals surface area contributed by atoms with E-state index in [0.29, 0.717) is 5.92 Å². The third-order valence-corrected chi connectivity index (χ3v) is 4.02. The molecule has 0 nitrogen and oxygen atoms in total. The molecule has 0 saturated heterocycles. The summed E-state index contributed by atoms with van der Waals surface area (Å²) in [5, 5.41) is 0. The second kappa shape index (κ2) is 4.99. The van der Waals surface area contributed by atoms with Gasteiger partial charge in [-0.2, -0.15) is 0 Å². The Morgan fingerprint density at radius 1 is 1.47 bits per heavy atom. The fourth-order valence-electron chi connectivity index (χ4n) is 2.95. The van der Waals surface area contributed by atoms with E-state index in [-0.39, 0.29) is 5.41 Å². The topological polar surface area (TPSA) is 0 Å². The van der Waals surface area contributed by atoms with E-state index in [1.807, 2.05) is 0 Å². The quantitative estimate of drug-likeness (QED) is 0.602. The van der Waals surface area contributed by atoms with Gasteiger partial charge in [-0.3, -0.25) is 0 Å². The highest BCUT2D eigenvalue weighted by molar-refractivity contribution is 5.60. The molecule has 0 aromatic carbocycles. The molecule has 2 aliphatic carbocycles. The van der Waals surface area contributed by atoms with E-state index in [1.54, 1.807) is 6.08 Å². The van der Waals surface area contributed by atoms with Crippen LogP contribution in [0, 0.1) is 35.5 Å². The molecule has 0 radical (unpaired) electrons. The summed E-state index contributed by atoms with van der Waals surface area (Å²) in [7, 11) is 0. The van der Waals surface area contributed by atoms with Crippen molar-refractivity contribution in [3.63, 3.8) is 0 Å². The molecule has 0 aliphatic heterocycles. The summed E-state index contributed by atoms with van der Waals surface area (Å²) in [6.45, 7) is 8.84. The Morgan fingerprint density at radius 3 is 2.89 bits per heavy atom. The number of hydrogen-bond acceptors (Lipinski definition) is 0. The lowest BCUT2D eigenvalue weighted by Gasteiger charge is -2.24. The Kier molecular flexibility index (Phi) is 3.55. The molecule has 1 atom stereocenters. The first kappa shape index (κ1) is 13.5. The average molecular weight is 248 g/mol. The van der Waals surface area contributed by atoms with Crippen molar-refractivity contribution in [1.82, 2.24) is 0 Å². The first-order valence-corrected chi connectivity index (χ1v) is 6.73. The maximum absolute atomic E-state index is 5.35. The average Bonchev–Trinajstić information content (AvgIpc) is 2.49. The van der Waals surface area contributed by atoms with E-state index in [4.69, 9.17) is 6.42 Å². The number of allylic oxidation sites excluding steroid dienone is 8. The highest BCUT2D eigenvalue weighted by Crippen LogP contribution is 2.49. The summed E-state index contributed by atoms with van der Waals surface area (Å²) >= 11 is 0. The lowest BCUT2D eigenvalue weighted by Crippen LogP contribution is -2.13. The first-order chi connectivity index (χ1) is 8.98. The Hall–Kier alpha value is -1.92. The van der Waals surface area contributed by atoms with Crippen LogP contribution in [0.4, 0.5) is 0 Å².